The van der Waals surface area contributed by atoms with E-state index in [2.05, 4.69) is 10.1 Å². The van der Waals surface area contributed by atoms with Crippen molar-refractivity contribution < 1.29 is 35.1 Å². The van der Waals surface area contributed by atoms with Gasteiger partial charge in [0.1, 0.15) is 11.5 Å². The molecule has 150 valence electrons. The number of nitrogens with zero attached hydrogens (tertiary/aromatic N) is 3. The molecule has 3 aromatic rings. The lowest BCUT2D eigenvalue weighted by Gasteiger charge is -2.12. The van der Waals surface area contributed by atoms with Crippen LogP contribution >= 0.6 is 11.6 Å². The zero-order valence-corrected chi connectivity index (χ0v) is 14.0. The van der Waals surface area contributed by atoms with E-state index < -0.39 is 51.4 Å². The Bertz CT molecular complexity index is 1030. The van der Waals surface area contributed by atoms with Crippen LogP contribution in [0.25, 0.3) is 16.6 Å². The molecule has 13 heteroatoms. The number of halogens is 9. The highest BCUT2D eigenvalue weighted by Gasteiger charge is 2.41. The predicted molar refractivity (Wildman–Crippen MR) is 83.0 cm³/mol. The third kappa shape index (κ3) is 3.55. The molecule has 0 fully saturated rings. The molecule has 0 amide bonds. The van der Waals surface area contributed by atoms with E-state index in [9.17, 15) is 35.1 Å². The maximum atomic E-state index is 13.3. The quantitative estimate of drug-likeness (QED) is 0.442. The minimum Gasteiger partial charge on any atom is -0.383 e. The number of aromatic nitrogens is 3. The highest BCUT2D eigenvalue weighted by Crippen LogP contribution is 2.41. The second-order valence-corrected chi connectivity index (χ2v) is 6.06. The van der Waals surface area contributed by atoms with Gasteiger partial charge in [-0.2, -0.15) is 40.2 Å². The molecule has 0 radical (unpaired) electrons. The molecule has 2 aromatic heterocycles. The zero-order valence-electron chi connectivity index (χ0n) is 13.2. The van der Waals surface area contributed by atoms with Crippen LogP contribution in [-0.2, 0) is 17.7 Å². The Morgan fingerprint density at radius 1 is 0.893 bits per heavy atom. The molecule has 1 aromatic carbocycles. The highest BCUT2D eigenvalue weighted by atomic mass is 35.5. The molecule has 0 saturated heterocycles. The topological polar surface area (TPSA) is 56.7 Å². The minimum absolute atomic E-state index is 0.117. The number of nitrogen functional groups attached to an aromatic ring is 1. The summed E-state index contributed by atoms with van der Waals surface area (Å²) in [7, 11) is 0. The summed E-state index contributed by atoms with van der Waals surface area (Å²) >= 11 is 4.77. The zero-order chi connectivity index (χ0) is 21.1. The van der Waals surface area contributed by atoms with Crippen LogP contribution < -0.4 is 5.73 Å². The molecule has 28 heavy (non-hydrogen) atoms. The average Bonchev–Trinajstić information content (AvgIpc) is 2.89. The summed E-state index contributed by atoms with van der Waals surface area (Å²) in [6.07, 6.45) is -9.80. The van der Waals surface area contributed by atoms with Crippen LogP contribution in [0.1, 0.15) is 17.0 Å². The number of nitrogens with two attached hydrogens (primary N) is 1. The molecule has 0 atom stereocenters. The largest absolute Gasteiger partial charge is 0.434 e. The molecule has 0 aliphatic heterocycles. The lowest BCUT2D eigenvalue weighted by molar-refractivity contribution is -0.140. The molecular weight excluding hydrogens is 424 g/mol. The number of anilines is 1. The van der Waals surface area contributed by atoms with E-state index in [-0.39, 0.29) is 5.69 Å². The first-order chi connectivity index (χ1) is 12.7. The van der Waals surface area contributed by atoms with Gasteiger partial charge in [-0.3, -0.25) is 0 Å². The van der Waals surface area contributed by atoms with Crippen LogP contribution in [0.5, 0.6) is 0 Å². The van der Waals surface area contributed by atoms with Gasteiger partial charge >= 0.3 is 17.7 Å². The number of benzene rings is 1. The van der Waals surface area contributed by atoms with Crippen molar-refractivity contribution in [1.29, 1.82) is 0 Å². The Kier molecular flexibility index (Phi) is 4.45. The molecule has 0 bridgehead atoms. The first-order valence-corrected chi connectivity index (χ1v) is 7.58. The van der Waals surface area contributed by atoms with E-state index in [1.807, 2.05) is 0 Å². The first kappa shape index (κ1) is 20.1. The number of fused-ring (bicyclic) bond motifs is 1. The van der Waals surface area contributed by atoms with Gasteiger partial charge in [-0.15, -0.1) is 0 Å². The Morgan fingerprint density at radius 3 is 1.93 bits per heavy atom. The Hall–Kier alpha value is -2.63. The normalized spacial score (nSPS) is 13.3. The van der Waals surface area contributed by atoms with E-state index in [4.69, 9.17) is 17.3 Å². The summed E-state index contributed by atoms with van der Waals surface area (Å²) in [5.74, 6) is -0.640. The summed E-state index contributed by atoms with van der Waals surface area (Å²) < 4.78 is 105. The maximum Gasteiger partial charge on any atom is 0.434 e. The van der Waals surface area contributed by atoms with Crippen molar-refractivity contribution in [2.75, 3.05) is 5.73 Å². The molecule has 0 unspecified atom stereocenters. The fraction of sp³-hybridized carbons (Fsp3) is 0.200. The van der Waals surface area contributed by atoms with Gasteiger partial charge in [-0.25, -0.2) is 9.67 Å². The van der Waals surface area contributed by atoms with Crippen LogP contribution in [0, 0.1) is 0 Å². The van der Waals surface area contributed by atoms with E-state index in [1.54, 1.807) is 0 Å². The summed E-state index contributed by atoms with van der Waals surface area (Å²) in [6, 6.07) is 3.70. The molecule has 3 rings (SSSR count). The van der Waals surface area contributed by atoms with Gasteiger partial charge in [0.15, 0.2) is 5.69 Å². The van der Waals surface area contributed by atoms with Gasteiger partial charge < -0.3 is 5.73 Å². The third-order valence-electron chi connectivity index (χ3n) is 3.69. The van der Waals surface area contributed by atoms with Crippen LogP contribution in [-0.4, -0.2) is 14.8 Å². The summed E-state index contributed by atoms with van der Waals surface area (Å²) in [5, 5.41) is -1.29. The fourth-order valence-electron chi connectivity index (χ4n) is 2.47. The van der Waals surface area contributed by atoms with Crippen LogP contribution in [0.3, 0.4) is 0 Å². The van der Waals surface area contributed by atoms with Gasteiger partial charge in [0.05, 0.1) is 22.2 Å². The molecule has 0 aliphatic carbocycles. The van der Waals surface area contributed by atoms with E-state index in [0.29, 0.717) is 22.9 Å². The standard InChI is InChI=1S/C15H7ClF8N4/c16-13(17,18)9-5-8-10(11(26-9)15(22,23)24)12(25)28(27-8)7-3-1-6(2-4-7)14(19,20)21/h1-5H,25H2. The van der Waals surface area contributed by atoms with Crippen molar-refractivity contribution in [3.8, 4) is 5.69 Å². The molecule has 4 nitrogen and oxygen atoms in total. The lowest BCUT2D eigenvalue weighted by Crippen LogP contribution is -2.15. The predicted octanol–water partition coefficient (Wildman–Crippen LogP) is 5.33. The van der Waals surface area contributed by atoms with Crippen molar-refractivity contribution in [2.24, 2.45) is 0 Å². The van der Waals surface area contributed by atoms with Crippen molar-refractivity contribution in [2.45, 2.75) is 17.7 Å². The second kappa shape index (κ2) is 6.19. The number of rotatable bonds is 2. The summed E-state index contributed by atoms with van der Waals surface area (Å²) in [4.78, 5) is 2.87. The van der Waals surface area contributed by atoms with Gasteiger partial charge in [-0.1, -0.05) is 0 Å². The van der Waals surface area contributed by atoms with E-state index in [1.165, 1.54) is 0 Å². The van der Waals surface area contributed by atoms with Crippen molar-refractivity contribution in [3.63, 3.8) is 0 Å². The SMILES string of the molecule is Nc1c2c(C(F)(F)F)nc(C(F)(F)Cl)cc2nn1-c1ccc(C(F)(F)F)cc1. The van der Waals surface area contributed by atoms with Crippen LogP contribution in [0.4, 0.5) is 40.9 Å². The third-order valence-corrected chi connectivity index (χ3v) is 3.88. The Balaban J connectivity index is 2.25. The fourth-order valence-corrected chi connectivity index (χ4v) is 2.57. The molecule has 0 spiro atoms. The average molecular weight is 431 g/mol. The monoisotopic (exact) mass is 430 g/mol. The van der Waals surface area contributed by atoms with Gasteiger partial charge in [0, 0.05) is 0 Å². The van der Waals surface area contributed by atoms with Crippen LogP contribution in [0.15, 0.2) is 30.3 Å². The smallest absolute Gasteiger partial charge is 0.383 e. The summed E-state index contributed by atoms with van der Waals surface area (Å²) in [5.41, 5.74) is 0.808. The van der Waals surface area contributed by atoms with Crippen molar-refractivity contribution in [3.05, 3.63) is 47.3 Å². The summed E-state index contributed by atoms with van der Waals surface area (Å²) in [6.45, 7) is 0. The Labute approximate surface area is 155 Å². The molecule has 0 saturated carbocycles. The first-order valence-electron chi connectivity index (χ1n) is 7.21. The maximum absolute atomic E-state index is 13.3. The Morgan fingerprint density at radius 2 is 1.46 bits per heavy atom. The van der Waals surface area contributed by atoms with Gasteiger partial charge in [0.25, 0.3) is 0 Å². The van der Waals surface area contributed by atoms with Gasteiger partial charge in [-0.05, 0) is 41.9 Å². The van der Waals surface area contributed by atoms with E-state index in [0.717, 1.165) is 12.1 Å². The number of alkyl halides is 9. The van der Waals surface area contributed by atoms with Crippen molar-refractivity contribution >= 4 is 28.3 Å². The number of pyridine rings is 1. The number of hydrogen-bond donors (Lipinski definition) is 1. The highest BCUT2D eigenvalue weighted by molar-refractivity contribution is 6.21. The molecule has 2 N–H and O–H groups in total. The molecule has 2 heterocycles. The second-order valence-electron chi connectivity index (χ2n) is 5.59. The van der Waals surface area contributed by atoms with E-state index >= 15 is 0 Å². The lowest BCUT2D eigenvalue weighted by atomic mass is 10.2. The van der Waals surface area contributed by atoms with Crippen molar-refractivity contribution in [1.82, 2.24) is 14.8 Å². The minimum atomic E-state index is -5.17. The molecular formula is C15H7ClF8N4. The molecule has 0 aliphatic rings. The van der Waals surface area contributed by atoms with Crippen LogP contribution in [0.2, 0.25) is 0 Å². The number of hydrogen-bond acceptors (Lipinski definition) is 3. The van der Waals surface area contributed by atoms with Gasteiger partial charge in [0.2, 0.25) is 0 Å².